The molecule has 2 aliphatic rings. The third-order valence-electron chi connectivity index (χ3n) is 5.67. The Hall–Kier alpha value is -1.58. The summed E-state index contributed by atoms with van der Waals surface area (Å²) in [5.41, 5.74) is 6.09. The first-order valence-corrected chi connectivity index (χ1v) is 8.45. The van der Waals surface area contributed by atoms with Crippen molar-refractivity contribution in [2.75, 3.05) is 0 Å². The number of aryl methyl sites for hydroxylation is 1. The van der Waals surface area contributed by atoms with E-state index in [0.717, 1.165) is 12.8 Å². The maximum absolute atomic E-state index is 6.28. The maximum atomic E-state index is 6.28. The molecule has 1 heterocycles. The first-order chi connectivity index (χ1) is 10.9. The van der Waals surface area contributed by atoms with E-state index in [2.05, 4.69) is 70.2 Å². The largest absolute Gasteiger partial charge is 0.495 e. The van der Waals surface area contributed by atoms with Crippen LogP contribution in [-0.2, 0) is 22.2 Å². The molecule has 1 saturated heterocycles. The Balaban J connectivity index is 1.80. The van der Waals surface area contributed by atoms with E-state index < -0.39 is 0 Å². The lowest BCUT2D eigenvalue weighted by molar-refractivity contribution is 0.00578. The minimum Gasteiger partial charge on any atom is -0.399 e. The molecule has 0 saturated carbocycles. The van der Waals surface area contributed by atoms with Gasteiger partial charge in [-0.25, -0.2) is 0 Å². The van der Waals surface area contributed by atoms with E-state index in [9.17, 15) is 0 Å². The van der Waals surface area contributed by atoms with Crippen molar-refractivity contribution < 1.29 is 9.31 Å². The Kier molecular flexibility index (Phi) is 3.23. The predicted octanol–water partition coefficient (Wildman–Crippen LogP) is 3.75. The summed E-state index contributed by atoms with van der Waals surface area (Å²) >= 11 is 0. The van der Waals surface area contributed by atoms with Gasteiger partial charge in [0.05, 0.1) is 11.2 Å². The summed E-state index contributed by atoms with van der Waals surface area (Å²) < 4.78 is 12.6. The molecular weight excluding hydrogens is 283 g/mol. The molecule has 2 nitrogen and oxygen atoms in total. The van der Waals surface area contributed by atoms with Gasteiger partial charge < -0.3 is 9.31 Å². The first kappa shape index (κ1) is 15.0. The molecule has 0 atom stereocenters. The topological polar surface area (TPSA) is 18.5 Å². The van der Waals surface area contributed by atoms with Gasteiger partial charge in [0.25, 0.3) is 0 Å². The van der Waals surface area contributed by atoms with Crippen molar-refractivity contribution in [2.24, 2.45) is 0 Å². The molecule has 23 heavy (non-hydrogen) atoms. The highest BCUT2D eigenvalue weighted by Gasteiger charge is 2.52. The Labute approximate surface area is 139 Å². The molecule has 1 aliphatic heterocycles. The van der Waals surface area contributed by atoms with Gasteiger partial charge >= 0.3 is 7.12 Å². The van der Waals surface area contributed by atoms with Crippen LogP contribution in [0.2, 0.25) is 0 Å². The van der Waals surface area contributed by atoms with E-state index in [1.165, 1.54) is 27.7 Å². The number of benzene rings is 2. The molecule has 4 rings (SSSR count). The molecule has 0 unspecified atom stereocenters. The van der Waals surface area contributed by atoms with Crippen LogP contribution in [0.15, 0.2) is 42.5 Å². The summed E-state index contributed by atoms with van der Waals surface area (Å²) in [5, 5.41) is 0. The SMILES string of the molecule is CC1(C)OB(c2cccc3c2CCc2ccccc2-3)OC1(C)C. The lowest BCUT2D eigenvalue weighted by atomic mass is 9.71. The van der Waals surface area contributed by atoms with Crippen molar-refractivity contribution in [3.05, 3.63) is 53.6 Å². The molecule has 1 aliphatic carbocycles. The summed E-state index contributed by atoms with van der Waals surface area (Å²) in [6, 6.07) is 15.2. The van der Waals surface area contributed by atoms with Crippen LogP contribution in [0, 0.1) is 0 Å². The average Bonchev–Trinajstić information content (AvgIpc) is 2.74. The second-order valence-electron chi connectivity index (χ2n) is 7.62. The summed E-state index contributed by atoms with van der Waals surface area (Å²) in [5.74, 6) is 0. The zero-order valence-electron chi connectivity index (χ0n) is 14.3. The van der Waals surface area contributed by atoms with Gasteiger partial charge in [0.2, 0.25) is 0 Å². The minimum absolute atomic E-state index is 0.278. The Morgan fingerprint density at radius 1 is 0.783 bits per heavy atom. The van der Waals surface area contributed by atoms with Crippen molar-refractivity contribution in [3.8, 4) is 11.1 Å². The molecule has 0 bridgehead atoms. The van der Waals surface area contributed by atoms with Crippen molar-refractivity contribution in [3.63, 3.8) is 0 Å². The Morgan fingerprint density at radius 3 is 2.17 bits per heavy atom. The molecule has 0 N–H and O–H groups in total. The Bertz CT molecular complexity index is 748. The standard InChI is InChI=1S/C20H23BO2/c1-19(2)20(3,4)23-21(22-19)18-11-7-10-16-15-9-6-5-8-14(15)12-13-17(16)18/h5-11H,12-13H2,1-4H3. The van der Waals surface area contributed by atoms with Crippen LogP contribution in [0.4, 0.5) is 0 Å². The lowest BCUT2D eigenvalue weighted by Gasteiger charge is -2.32. The lowest BCUT2D eigenvalue weighted by Crippen LogP contribution is -2.41. The fraction of sp³-hybridized carbons (Fsp3) is 0.400. The van der Waals surface area contributed by atoms with E-state index in [1.807, 2.05) is 0 Å². The van der Waals surface area contributed by atoms with Crippen LogP contribution >= 0.6 is 0 Å². The zero-order chi connectivity index (χ0) is 16.2. The van der Waals surface area contributed by atoms with Crippen LogP contribution in [0.5, 0.6) is 0 Å². The van der Waals surface area contributed by atoms with Crippen LogP contribution in [0.25, 0.3) is 11.1 Å². The van der Waals surface area contributed by atoms with E-state index in [1.54, 1.807) is 0 Å². The molecule has 0 aromatic heterocycles. The smallest absolute Gasteiger partial charge is 0.399 e. The number of rotatable bonds is 1. The second-order valence-corrected chi connectivity index (χ2v) is 7.62. The van der Waals surface area contributed by atoms with Gasteiger partial charge in [0, 0.05) is 0 Å². The molecule has 0 spiro atoms. The molecule has 118 valence electrons. The normalized spacial score (nSPS) is 21.0. The molecule has 0 amide bonds. The number of hydrogen-bond acceptors (Lipinski definition) is 2. The van der Waals surface area contributed by atoms with Gasteiger partial charge in [0.1, 0.15) is 0 Å². The van der Waals surface area contributed by atoms with Crippen molar-refractivity contribution in [1.82, 2.24) is 0 Å². The summed E-state index contributed by atoms with van der Waals surface area (Å²) in [6.07, 6.45) is 2.13. The monoisotopic (exact) mass is 306 g/mol. The van der Waals surface area contributed by atoms with Crippen LogP contribution in [0.3, 0.4) is 0 Å². The third-order valence-corrected chi connectivity index (χ3v) is 5.67. The molecule has 1 fully saturated rings. The van der Waals surface area contributed by atoms with E-state index in [0.29, 0.717) is 0 Å². The fourth-order valence-corrected chi connectivity index (χ4v) is 3.59. The van der Waals surface area contributed by atoms with Crippen molar-refractivity contribution >= 4 is 12.6 Å². The van der Waals surface area contributed by atoms with Gasteiger partial charge in [-0.05, 0) is 68.3 Å². The quantitative estimate of drug-likeness (QED) is 0.747. The van der Waals surface area contributed by atoms with Gasteiger partial charge in [-0.3, -0.25) is 0 Å². The minimum atomic E-state index is -0.299. The van der Waals surface area contributed by atoms with E-state index in [-0.39, 0.29) is 18.3 Å². The van der Waals surface area contributed by atoms with Gasteiger partial charge in [-0.2, -0.15) is 0 Å². The summed E-state index contributed by atoms with van der Waals surface area (Å²) in [4.78, 5) is 0. The highest BCUT2D eigenvalue weighted by Crippen LogP contribution is 2.38. The van der Waals surface area contributed by atoms with Crippen LogP contribution in [0.1, 0.15) is 38.8 Å². The summed E-state index contributed by atoms with van der Waals surface area (Å²) in [6.45, 7) is 8.44. The Morgan fingerprint density at radius 2 is 1.43 bits per heavy atom. The zero-order valence-corrected chi connectivity index (χ0v) is 14.3. The van der Waals surface area contributed by atoms with Gasteiger partial charge in [-0.15, -0.1) is 0 Å². The van der Waals surface area contributed by atoms with Gasteiger partial charge in [0.15, 0.2) is 0 Å². The number of hydrogen-bond donors (Lipinski definition) is 0. The van der Waals surface area contributed by atoms with Crippen LogP contribution in [-0.4, -0.2) is 18.3 Å². The first-order valence-electron chi connectivity index (χ1n) is 8.45. The van der Waals surface area contributed by atoms with Gasteiger partial charge in [-0.1, -0.05) is 42.5 Å². The molecule has 2 aromatic rings. The molecule has 3 heteroatoms. The van der Waals surface area contributed by atoms with E-state index >= 15 is 0 Å². The average molecular weight is 306 g/mol. The fourth-order valence-electron chi connectivity index (χ4n) is 3.59. The molecule has 0 radical (unpaired) electrons. The summed E-state index contributed by atoms with van der Waals surface area (Å²) in [7, 11) is -0.278. The molecular formula is C20H23BO2. The third kappa shape index (κ3) is 2.26. The predicted molar refractivity (Wildman–Crippen MR) is 95.0 cm³/mol. The van der Waals surface area contributed by atoms with E-state index in [4.69, 9.17) is 9.31 Å². The van der Waals surface area contributed by atoms with Crippen molar-refractivity contribution in [2.45, 2.75) is 51.7 Å². The number of fused-ring (bicyclic) bond motifs is 3. The maximum Gasteiger partial charge on any atom is 0.495 e. The van der Waals surface area contributed by atoms with Crippen molar-refractivity contribution in [1.29, 1.82) is 0 Å². The highest BCUT2D eigenvalue weighted by atomic mass is 16.7. The van der Waals surface area contributed by atoms with Crippen LogP contribution < -0.4 is 5.46 Å². The second kappa shape index (κ2) is 4.96. The highest BCUT2D eigenvalue weighted by molar-refractivity contribution is 6.62. The molecule has 2 aromatic carbocycles.